The first-order valence-corrected chi connectivity index (χ1v) is 4.39. The summed E-state index contributed by atoms with van der Waals surface area (Å²) >= 11 is 1.63. The van der Waals surface area contributed by atoms with Crippen LogP contribution in [0.25, 0.3) is 10.4 Å². The van der Waals surface area contributed by atoms with Crippen LogP contribution in [0.5, 0.6) is 0 Å². The highest BCUT2D eigenvalue weighted by atomic mass is 32.1. The van der Waals surface area contributed by atoms with Gasteiger partial charge in [-0.15, -0.1) is 0 Å². The summed E-state index contributed by atoms with van der Waals surface area (Å²) in [5, 5.41) is 7.68. The maximum Gasteiger partial charge on any atom is 0.0630 e. The molecule has 1 rings (SSSR count). The lowest BCUT2D eigenvalue weighted by Gasteiger charge is -2.02. The SMILES string of the molecule is CC[C@H](N=[N+]=[N-])c1ccsc1. The summed E-state index contributed by atoms with van der Waals surface area (Å²) in [6.07, 6.45) is 0.862. The van der Waals surface area contributed by atoms with Crippen molar-refractivity contribution in [1.29, 1.82) is 0 Å². The van der Waals surface area contributed by atoms with Crippen molar-refractivity contribution in [1.82, 2.24) is 0 Å². The number of rotatable bonds is 3. The predicted octanol–water partition coefficient (Wildman–Crippen LogP) is 3.51. The molecule has 0 N–H and O–H groups in total. The van der Waals surface area contributed by atoms with Crippen molar-refractivity contribution >= 4 is 11.3 Å². The minimum Gasteiger partial charge on any atom is -0.152 e. The Kier molecular flexibility index (Phi) is 2.95. The molecule has 1 heterocycles. The molecule has 4 heteroatoms. The van der Waals surface area contributed by atoms with Gasteiger partial charge in [-0.05, 0) is 34.3 Å². The van der Waals surface area contributed by atoms with E-state index >= 15 is 0 Å². The van der Waals surface area contributed by atoms with Crippen molar-refractivity contribution < 1.29 is 0 Å². The lowest BCUT2D eigenvalue weighted by Crippen LogP contribution is -1.87. The van der Waals surface area contributed by atoms with Gasteiger partial charge < -0.3 is 0 Å². The fourth-order valence-corrected chi connectivity index (χ4v) is 1.62. The number of hydrogen-bond acceptors (Lipinski definition) is 2. The van der Waals surface area contributed by atoms with Crippen LogP contribution in [0.15, 0.2) is 21.9 Å². The maximum atomic E-state index is 8.23. The summed E-state index contributed by atoms with van der Waals surface area (Å²) in [6.45, 7) is 2.01. The van der Waals surface area contributed by atoms with E-state index in [4.69, 9.17) is 5.53 Å². The minimum atomic E-state index is 0.0197. The van der Waals surface area contributed by atoms with Gasteiger partial charge in [0.2, 0.25) is 0 Å². The van der Waals surface area contributed by atoms with Crippen LogP contribution in [0.3, 0.4) is 0 Å². The normalized spacial score (nSPS) is 12.1. The fraction of sp³-hybridized carbons (Fsp3) is 0.429. The zero-order chi connectivity index (χ0) is 8.10. The molecule has 1 aromatic heterocycles. The molecule has 0 unspecified atom stereocenters. The van der Waals surface area contributed by atoms with Crippen LogP contribution in [0, 0.1) is 0 Å². The monoisotopic (exact) mass is 167 g/mol. The fourth-order valence-electron chi connectivity index (χ4n) is 0.911. The molecule has 0 saturated heterocycles. The standard InChI is InChI=1S/C7H9N3S/c1-2-7(9-10-8)6-3-4-11-5-6/h3-5,7H,2H2,1H3/t7-/m0/s1. The Labute approximate surface area is 69.3 Å². The van der Waals surface area contributed by atoms with Gasteiger partial charge in [0, 0.05) is 4.91 Å². The van der Waals surface area contributed by atoms with Gasteiger partial charge in [0.25, 0.3) is 0 Å². The summed E-state index contributed by atoms with van der Waals surface area (Å²) in [7, 11) is 0. The maximum absolute atomic E-state index is 8.23. The Hall–Kier alpha value is -0.990. The molecular weight excluding hydrogens is 158 g/mol. The largest absolute Gasteiger partial charge is 0.152 e. The molecule has 58 valence electrons. The zero-order valence-electron chi connectivity index (χ0n) is 6.27. The molecule has 0 bridgehead atoms. The molecule has 0 amide bonds. The quantitative estimate of drug-likeness (QED) is 0.376. The van der Waals surface area contributed by atoms with Crippen molar-refractivity contribution in [3.05, 3.63) is 32.8 Å². The second-order valence-electron chi connectivity index (χ2n) is 2.19. The summed E-state index contributed by atoms with van der Waals surface area (Å²) in [5.74, 6) is 0. The van der Waals surface area contributed by atoms with E-state index in [-0.39, 0.29) is 6.04 Å². The second-order valence-corrected chi connectivity index (χ2v) is 2.97. The third-order valence-corrected chi connectivity index (χ3v) is 2.21. The highest BCUT2D eigenvalue weighted by molar-refractivity contribution is 7.07. The third kappa shape index (κ3) is 1.97. The van der Waals surface area contributed by atoms with Gasteiger partial charge in [0.1, 0.15) is 0 Å². The highest BCUT2D eigenvalue weighted by Crippen LogP contribution is 2.22. The van der Waals surface area contributed by atoms with E-state index in [1.807, 2.05) is 23.8 Å². The predicted molar refractivity (Wildman–Crippen MR) is 46.5 cm³/mol. The van der Waals surface area contributed by atoms with E-state index < -0.39 is 0 Å². The Bertz CT molecular complexity index is 249. The van der Waals surface area contributed by atoms with E-state index in [1.165, 1.54) is 0 Å². The molecule has 1 aromatic rings. The summed E-state index contributed by atoms with van der Waals surface area (Å²) in [6, 6.07) is 2.01. The number of nitrogens with zero attached hydrogens (tertiary/aromatic N) is 3. The first-order valence-electron chi connectivity index (χ1n) is 3.44. The van der Waals surface area contributed by atoms with Gasteiger partial charge in [0.15, 0.2) is 0 Å². The Morgan fingerprint density at radius 2 is 2.64 bits per heavy atom. The topological polar surface area (TPSA) is 48.8 Å². The molecule has 3 nitrogen and oxygen atoms in total. The number of azide groups is 1. The van der Waals surface area contributed by atoms with Gasteiger partial charge in [-0.25, -0.2) is 0 Å². The number of hydrogen-bond donors (Lipinski definition) is 0. The van der Waals surface area contributed by atoms with E-state index in [0.29, 0.717) is 0 Å². The van der Waals surface area contributed by atoms with E-state index in [0.717, 1.165) is 12.0 Å². The minimum absolute atomic E-state index is 0.0197. The highest BCUT2D eigenvalue weighted by Gasteiger charge is 2.05. The molecule has 0 saturated carbocycles. The molecule has 0 aliphatic heterocycles. The van der Waals surface area contributed by atoms with E-state index in [2.05, 4.69) is 10.0 Å². The van der Waals surface area contributed by atoms with Crippen LogP contribution in [0.1, 0.15) is 24.9 Å². The number of thiophene rings is 1. The van der Waals surface area contributed by atoms with Crippen molar-refractivity contribution in [2.45, 2.75) is 19.4 Å². The zero-order valence-corrected chi connectivity index (χ0v) is 7.08. The molecule has 0 aliphatic rings. The van der Waals surface area contributed by atoms with Crippen LogP contribution in [-0.4, -0.2) is 0 Å². The Morgan fingerprint density at radius 1 is 1.82 bits per heavy atom. The Morgan fingerprint density at radius 3 is 3.09 bits per heavy atom. The van der Waals surface area contributed by atoms with E-state index in [1.54, 1.807) is 11.3 Å². The third-order valence-electron chi connectivity index (χ3n) is 1.51. The first kappa shape index (κ1) is 8.11. The van der Waals surface area contributed by atoms with Gasteiger partial charge in [0.05, 0.1) is 6.04 Å². The van der Waals surface area contributed by atoms with Crippen molar-refractivity contribution in [2.24, 2.45) is 5.11 Å². The average Bonchev–Trinajstić information content (AvgIpc) is 2.52. The van der Waals surface area contributed by atoms with Crippen molar-refractivity contribution in [2.75, 3.05) is 0 Å². The van der Waals surface area contributed by atoms with Crippen molar-refractivity contribution in [3.63, 3.8) is 0 Å². The molecule has 1 atom stereocenters. The molecule has 0 fully saturated rings. The van der Waals surface area contributed by atoms with Crippen molar-refractivity contribution in [3.8, 4) is 0 Å². The summed E-state index contributed by atoms with van der Waals surface area (Å²) in [4.78, 5) is 2.79. The summed E-state index contributed by atoms with van der Waals surface area (Å²) in [5.41, 5.74) is 9.35. The van der Waals surface area contributed by atoms with Gasteiger partial charge >= 0.3 is 0 Å². The van der Waals surface area contributed by atoms with Crippen LogP contribution < -0.4 is 0 Å². The molecule has 0 aromatic carbocycles. The van der Waals surface area contributed by atoms with Crippen LogP contribution >= 0.6 is 11.3 Å². The second kappa shape index (κ2) is 4.01. The first-order chi connectivity index (χ1) is 5.38. The van der Waals surface area contributed by atoms with Crippen LogP contribution in [-0.2, 0) is 0 Å². The van der Waals surface area contributed by atoms with Crippen LogP contribution in [0.2, 0.25) is 0 Å². The van der Waals surface area contributed by atoms with Gasteiger partial charge in [-0.2, -0.15) is 11.3 Å². The molecule has 11 heavy (non-hydrogen) atoms. The summed E-state index contributed by atoms with van der Waals surface area (Å²) < 4.78 is 0. The molecule has 0 radical (unpaired) electrons. The molecular formula is C7H9N3S. The van der Waals surface area contributed by atoms with Gasteiger partial charge in [-0.3, -0.25) is 0 Å². The van der Waals surface area contributed by atoms with Gasteiger partial charge in [-0.1, -0.05) is 12.0 Å². The molecule has 0 spiro atoms. The average molecular weight is 167 g/mol. The lowest BCUT2D eigenvalue weighted by molar-refractivity contribution is 0.695. The van der Waals surface area contributed by atoms with Crippen LogP contribution in [0.4, 0.5) is 0 Å². The smallest absolute Gasteiger partial charge is 0.0630 e. The Balaban J connectivity index is 2.79. The lowest BCUT2D eigenvalue weighted by atomic mass is 10.1. The molecule has 0 aliphatic carbocycles. The van der Waals surface area contributed by atoms with E-state index in [9.17, 15) is 0 Å².